The molecule has 1 aliphatic rings. The standard InChI is InChI=1S/C8H15NO4/c1-2-13-7-5-12-4-6(7)9-3-8(10)11/h6-7,9H,2-5H2,1H3,(H,10,11)/t6-,7-/m0/s1. The zero-order chi connectivity index (χ0) is 9.68. The second-order valence-corrected chi connectivity index (χ2v) is 2.91. The maximum Gasteiger partial charge on any atom is 0.317 e. The average molecular weight is 189 g/mol. The summed E-state index contributed by atoms with van der Waals surface area (Å²) in [5.41, 5.74) is 0. The van der Waals surface area contributed by atoms with Crippen molar-refractivity contribution >= 4 is 5.97 Å². The lowest BCUT2D eigenvalue weighted by atomic mass is 10.2. The lowest BCUT2D eigenvalue weighted by Gasteiger charge is -2.17. The summed E-state index contributed by atoms with van der Waals surface area (Å²) in [4.78, 5) is 10.3. The number of nitrogens with one attached hydrogen (secondary N) is 1. The fourth-order valence-electron chi connectivity index (χ4n) is 1.32. The van der Waals surface area contributed by atoms with E-state index in [2.05, 4.69) is 5.32 Å². The van der Waals surface area contributed by atoms with Crippen LogP contribution in [0.2, 0.25) is 0 Å². The highest BCUT2D eigenvalue weighted by Gasteiger charge is 2.28. The normalized spacial score (nSPS) is 27.8. The van der Waals surface area contributed by atoms with Gasteiger partial charge in [0.2, 0.25) is 0 Å². The molecule has 0 aromatic carbocycles. The Morgan fingerprint density at radius 2 is 2.46 bits per heavy atom. The predicted octanol–water partition coefficient (Wildman–Crippen LogP) is -0.535. The molecule has 2 N–H and O–H groups in total. The van der Waals surface area contributed by atoms with Gasteiger partial charge in [-0.3, -0.25) is 10.1 Å². The van der Waals surface area contributed by atoms with Crippen molar-refractivity contribution in [3.8, 4) is 0 Å². The van der Waals surface area contributed by atoms with Crippen LogP contribution in [-0.4, -0.2) is 49.6 Å². The zero-order valence-electron chi connectivity index (χ0n) is 7.66. The highest BCUT2D eigenvalue weighted by molar-refractivity contribution is 5.69. The Hall–Kier alpha value is -0.650. The monoisotopic (exact) mass is 189 g/mol. The predicted molar refractivity (Wildman–Crippen MR) is 45.7 cm³/mol. The third kappa shape index (κ3) is 3.30. The topological polar surface area (TPSA) is 67.8 Å². The van der Waals surface area contributed by atoms with Gasteiger partial charge in [-0.25, -0.2) is 0 Å². The summed E-state index contributed by atoms with van der Waals surface area (Å²) in [6.07, 6.45) is -0.00986. The van der Waals surface area contributed by atoms with Crippen LogP contribution in [0.3, 0.4) is 0 Å². The summed E-state index contributed by atoms with van der Waals surface area (Å²) in [5.74, 6) is -0.859. The molecule has 2 atom stereocenters. The van der Waals surface area contributed by atoms with Crippen LogP contribution in [-0.2, 0) is 14.3 Å². The Morgan fingerprint density at radius 3 is 3.08 bits per heavy atom. The Balaban J connectivity index is 2.26. The first-order valence-corrected chi connectivity index (χ1v) is 4.38. The highest BCUT2D eigenvalue weighted by atomic mass is 16.5. The quantitative estimate of drug-likeness (QED) is 0.608. The molecule has 0 spiro atoms. The van der Waals surface area contributed by atoms with Crippen molar-refractivity contribution in [2.75, 3.05) is 26.4 Å². The van der Waals surface area contributed by atoms with E-state index in [1.165, 1.54) is 0 Å². The summed E-state index contributed by atoms with van der Waals surface area (Å²) in [7, 11) is 0. The van der Waals surface area contributed by atoms with Crippen LogP contribution in [0, 0.1) is 0 Å². The van der Waals surface area contributed by atoms with Gasteiger partial charge in [-0.15, -0.1) is 0 Å². The first-order valence-electron chi connectivity index (χ1n) is 4.38. The van der Waals surface area contributed by atoms with Gasteiger partial charge in [0.15, 0.2) is 0 Å². The van der Waals surface area contributed by atoms with Gasteiger partial charge in [0.1, 0.15) is 0 Å². The van der Waals surface area contributed by atoms with E-state index in [1.54, 1.807) is 0 Å². The highest BCUT2D eigenvalue weighted by Crippen LogP contribution is 2.09. The lowest BCUT2D eigenvalue weighted by Crippen LogP contribution is -2.42. The molecule has 0 unspecified atom stereocenters. The number of aliphatic carboxylic acids is 1. The lowest BCUT2D eigenvalue weighted by molar-refractivity contribution is -0.136. The van der Waals surface area contributed by atoms with Crippen LogP contribution >= 0.6 is 0 Å². The molecule has 0 aliphatic carbocycles. The van der Waals surface area contributed by atoms with Crippen molar-refractivity contribution in [3.63, 3.8) is 0 Å². The largest absolute Gasteiger partial charge is 0.480 e. The molecule has 5 nitrogen and oxygen atoms in total. The van der Waals surface area contributed by atoms with E-state index < -0.39 is 5.97 Å². The van der Waals surface area contributed by atoms with Crippen molar-refractivity contribution in [3.05, 3.63) is 0 Å². The molecule has 0 amide bonds. The molecule has 5 heteroatoms. The Morgan fingerprint density at radius 1 is 1.69 bits per heavy atom. The molecule has 0 bridgehead atoms. The minimum atomic E-state index is -0.859. The van der Waals surface area contributed by atoms with Crippen molar-refractivity contribution in [1.82, 2.24) is 5.32 Å². The van der Waals surface area contributed by atoms with Crippen molar-refractivity contribution in [1.29, 1.82) is 0 Å². The van der Waals surface area contributed by atoms with Crippen molar-refractivity contribution < 1.29 is 19.4 Å². The first kappa shape index (κ1) is 10.4. The second kappa shape index (κ2) is 5.16. The summed E-state index contributed by atoms with van der Waals surface area (Å²) in [5, 5.41) is 11.3. The Labute approximate surface area is 77.0 Å². The van der Waals surface area contributed by atoms with E-state index in [4.69, 9.17) is 14.6 Å². The molecule has 0 saturated carbocycles. The minimum absolute atomic E-state index is 0.00986. The molecule has 1 fully saturated rings. The van der Waals surface area contributed by atoms with Gasteiger partial charge < -0.3 is 14.6 Å². The molecular weight excluding hydrogens is 174 g/mol. The number of carboxylic acid groups (broad SMARTS) is 1. The summed E-state index contributed by atoms with van der Waals surface area (Å²) in [6, 6.07) is 0.0102. The van der Waals surface area contributed by atoms with E-state index >= 15 is 0 Å². The third-order valence-corrected chi connectivity index (χ3v) is 1.92. The molecule has 76 valence electrons. The van der Waals surface area contributed by atoms with Crippen LogP contribution < -0.4 is 5.32 Å². The van der Waals surface area contributed by atoms with E-state index in [1.807, 2.05) is 6.92 Å². The van der Waals surface area contributed by atoms with Gasteiger partial charge >= 0.3 is 5.97 Å². The van der Waals surface area contributed by atoms with Gasteiger partial charge in [-0.2, -0.15) is 0 Å². The molecule has 0 radical (unpaired) electrons. The summed E-state index contributed by atoms with van der Waals surface area (Å²) >= 11 is 0. The fraction of sp³-hybridized carbons (Fsp3) is 0.875. The Bertz CT molecular complexity index is 174. The van der Waals surface area contributed by atoms with E-state index in [0.29, 0.717) is 19.8 Å². The fourth-order valence-corrected chi connectivity index (χ4v) is 1.32. The summed E-state index contributed by atoms with van der Waals surface area (Å²) < 4.78 is 10.5. The van der Waals surface area contributed by atoms with Crippen LogP contribution in [0.25, 0.3) is 0 Å². The average Bonchev–Trinajstić information content (AvgIpc) is 2.49. The van der Waals surface area contributed by atoms with Gasteiger partial charge in [0.05, 0.1) is 31.9 Å². The number of hydrogen-bond donors (Lipinski definition) is 2. The Kier molecular flexibility index (Phi) is 4.14. The van der Waals surface area contributed by atoms with Gasteiger partial charge in [-0.05, 0) is 6.92 Å². The molecule has 13 heavy (non-hydrogen) atoms. The molecule has 0 aromatic rings. The van der Waals surface area contributed by atoms with Crippen molar-refractivity contribution in [2.45, 2.75) is 19.1 Å². The first-order chi connectivity index (χ1) is 6.24. The second-order valence-electron chi connectivity index (χ2n) is 2.91. The minimum Gasteiger partial charge on any atom is -0.480 e. The van der Waals surface area contributed by atoms with Gasteiger partial charge in [-0.1, -0.05) is 0 Å². The molecule has 1 rings (SSSR count). The maximum absolute atomic E-state index is 10.3. The smallest absolute Gasteiger partial charge is 0.317 e. The van der Waals surface area contributed by atoms with Crippen LogP contribution in [0.4, 0.5) is 0 Å². The van der Waals surface area contributed by atoms with Crippen LogP contribution in [0.15, 0.2) is 0 Å². The molecule has 1 aliphatic heterocycles. The molecule has 1 heterocycles. The van der Waals surface area contributed by atoms with Crippen LogP contribution in [0.5, 0.6) is 0 Å². The van der Waals surface area contributed by atoms with E-state index in [-0.39, 0.29) is 18.7 Å². The SMILES string of the molecule is CCO[C@H]1COC[C@@H]1NCC(=O)O. The van der Waals surface area contributed by atoms with E-state index in [0.717, 1.165) is 0 Å². The molecule has 1 saturated heterocycles. The molecular formula is C8H15NO4. The number of rotatable bonds is 5. The summed E-state index contributed by atoms with van der Waals surface area (Å²) in [6.45, 7) is 3.56. The van der Waals surface area contributed by atoms with Crippen LogP contribution in [0.1, 0.15) is 6.92 Å². The maximum atomic E-state index is 10.3. The third-order valence-electron chi connectivity index (χ3n) is 1.92. The van der Waals surface area contributed by atoms with Crippen molar-refractivity contribution in [2.24, 2.45) is 0 Å². The molecule has 0 aromatic heterocycles. The zero-order valence-corrected chi connectivity index (χ0v) is 7.66. The number of carboxylic acids is 1. The number of hydrogen-bond acceptors (Lipinski definition) is 4. The van der Waals surface area contributed by atoms with Gasteiger partial charge in [0, 0.05) is 6.61 Å². The number of carbonyl (C=O) groups is 1. The van der Waals surface area contributed by atoms with E-state index in [9.17, 15) is 4.79 Å². The van der Waals surface area contributed by atoms with Gasteiger partial charge in [0.25, 0.3) is 0 Å². The number of ether oxygens (including phenoxy) is 2.